The smallest absolute Gasteiger partial charge is 0.212 e. The third kappa shape index (κ3) is 1.15. The molecule has 1 aromatic carbocycles. The molecule has 0 saturated carbocycles. The Balaban J connectivity index is 2.37. The fraction of sp³-hybridized carbons (Fsp3) is 0.182. The average molecular weight is 200 g/mol. The SMILES string of the molecule is CC(N)c1cn2c(nc3ccccc32)[nH]1. The second-order valence-corrected chi connectivity index (χ2v) is 3.79. The largest absolute Gasteiger partial charge is 0.326 e. The molecule has 3 aromatic rings. The normalized spacial score (nSPS) is 13.7. The van der Waals surface area contributed by atoms with Gasteiger partial charge in [0, 0.05) is 12.2 Å². The van der Waals surface area contributed by atoms with Gasteiger partial charge in [0.05, 0.1) is 16.7 Å². The van der Waals surface area contributed by atoms with Crippen molar-refractivity contribution in [2.75, 3.05) is 0 Å². The number of hydrogen-bond acceptors (Lipinski definition) is 2. The molecule has 0 saturated heterocycles. The summed E-state index contributed by atoms with van der Waals surface area (Å²) in [6.07, 6.45) is 2.01. The number of hydrogen-bond donors (Lipinski definition) is 2. The van der Waals surface area contributed by atoms with Crippen LogP contribution in [0.1, 0.15) is 18.7 Å². The number of nitrogens with two attached hydrogens (primary N) is 1. The van der Waals surface area contributed by atoms with Gasteiger partial charge >= 0.3 is 0 Å². The Morgan fingerprint density at radius 3 is 3.00 bits per heavy atom. The van der Waals surface area contributed by atoms with Gasteiger partial charge < -0.3 is 10.7 Å². The second kappa shape index (κ2) is 2.84. The Kier molecular flexibility index (Phi) is 1.61. The molecule has 0 aliphatic heterocycles. The molecule has 15 heavy (non-hydrogen) atoms. The van der Waals surface area contributed by atoms with Crippen LogP contribution in [0, 0.1) is 0 Å². The maximum absolute atomic E-state index is 5.81. The number of benzene rings is 1. The standard InChI is InChI=1S/C11H12N4/c1-7(12)9-6-15-10-5-3-2-4-8(10)13-11(15)14-9/h2-7H,12H2,1H3,(H,13,14). The van der Waals surface area contributed by atoms with E-state index < -0.39 is 0 Å². The van der Waals surface area contributed by atoms with Crippen molar-refractivity contribution in [2.24, 2.45) is 5.73 Å². The van der Waals surface area contributed by atoms with Crippen LogP contribution in [0.25, 0.3) is 16.8 Å². The minimum Gasteiger partial charge on any atom is -0.326 e. The van der Waals surface area contributed by atoms with E-state index in [9.17, 15) is 0 Å². The summed E-state index contributed by atoms with van der Waals surface area (Å²) in [5, 5.41) is 0. The Hall–Kier alpha value is -1.81. The highest BCUT2D eigenvalue weighted by Gasteiger charge is 2.08. The van der Waals surface area contributed by atoms with Crippen molar-refractivity contribution < 1.29 is 0 Å². The molecule has 0 bridgehead atoms. The van der Waals surface area contributed by atoms with E-state index in [1.54, 1.807) is 0 Å². The first kappa shape index (κ1) is 8.49. The molecule has 76 valence electrons. The van der Waals surface area contributed by atoms with E-state index in [0.29, 0.717) is 0 Å². The maximum atomic E-state index is 5.81. The number of imidazole rings is 2. The van der Waals surface area contributed by atoms with Crippen LogP contribution >= 0.6 is 0 Å². The lowest BCUT2D eigenvalue weighted by Crippen LogP contribution is -2.04. The molecule has 0 aliphatic carbocycles. The van der Waals surface area contributed by atoms with Crippen molar-refractivity contribution in [2.45, 2.75) is 13.0 Å². The molecule has 0 fully saturated rings. The van der Waals surface area contributed by atoms with E-state index in [1.165, 1.54) is 0 Å². The quantitative estimate of drug-likeness (QED) is 0.629. The molecule has 4 nitrogen and oxygen atoms in total. The number of fused-ring (bicyclic) bond motifs is 3. The number of nitrogens with one attached hydrogen (secondary N) is 1. The van der Waals surface area contributed by atoms with Gasteiger partial charge in [-0.25, -0.2) is 4.98 Å². The van der Waals surface area contributed by atoms with Crippen molar-refractivity contribution in [3.05, 3.63) is 36.2 Å². The predicted octanol–water partition coefficient (Wildman–Crippen LogP) is 1.84. The summed E-state index contributed by atoms with van der Waals surface area (Å²) in [5.74, 6) is 0.850. The molecular weight excluding hydrogens is 188 g/mol. The molecule has 0 spiro atoms. The molecule has 2 heterocycles. The summed E-state index contributed by atoms with van der Waals surface area (Å²) >= 11 is 0. The van der Waals surface area contributed by atoms with Crippen molar-refractivity contribution in [1.82, 2.24) is 14.4 Å². The molecular formula is C11H12N4. The van der Waals surface area contributed by atoms with Crippen molar-refractivity contribution in [3.63, 3.8) is 0 Å². The van der Waals surface area contributed by atoms with Gasteiger partial charge in [-0.1, -0.05) is 12.1 Å². The van der Waals surface area contributed by atoms with E-state index in [4.69, 9.17) is 5.73 Å². The maximum Gasteiger partial charge on any atom is 0.212 e. The minimum atomic E-state index is 0.00506. The van der Waals surface area contributed by atoms with Gasteiger partial charge in [-0.2, -0.15) is 0 Å². The van der Waals surface area contributed by atoms with Crippen LogP contribution in [0.4, 0.5) is 0 Å². The molecule has 0 aliphatic rings. The monoisotopic (exact) mass is 200 g/mol. The summed E-state index contributed by atoms with van der Waals surface area (Å²) in [6.45, 7) is 1.95. The fourth-order valence-electron chi connectivity index (χ4n) is 1.80. The molecule has 3 rings (SSSR count). The van der Waals surface area contributed by atoms with Crippen molar-refractivity contribution in [1.29, 1.82) is 0 Å². The number of aromatic nitrogens is 3. The van der Waals surface area contributed by atoms with Crippen LogP contribution in [-0.2, 0) is 0 Å². The molecule has 2 aromatic heterocycles. The molecule has 0 amide bonds. The van der Waals surface area contributed by atoms with Crippen LogP contribution in [0.15, 0.2) is 30.5 Å². The predicted molar refractivity (Wildman–Crippen MR) is 59.7 cm³/mol. The lowest BCUT2D eigenvalue weighted by Gasteiger charge is -1.98. The van der Waals surface area contributed by atoms with E-state index in [1.807, 2.05) is 41.8 Å². The summed E-state index contributed by atoms with van der Waals surface area (Å²) in [4.78, 5) is 7.68. The van der Waals surface area contributed by atoms with Gasteiger partial charge in [0.1, 0.15) is 0 Å². The second-order valence-electron chi connectivity index (χ2n) is 3.79. The van der Waals surface area contributed by atoms with E-state index >= 15 is 0 Å². The average Bonchev–Trinajstić information content (AvgIpc) is 2.73. The number of para-hydroxylation sites is 2. The van der Waals surface area contributed by atoms with Gasteiger partial charge in [0.15, 0.2) is 0 Å². The van der Waals surface area contributed by atoms with E-state index in [0.717, 1.165) is 22.5 Å². The Labute approximate surface area is 86.7 Å². The van der Waals surface area contributed by atoms with E-state index in [-0.39, 0.29) is 6.04 Å². The van der Waals surface area contributed by atoms with Crippen LogP contribution in [0.2, 0.25) is 0 Å². The minimum absolute atomic E-state index is 0.00506. The highest BCUT2D eigenvalue weighted by molar-refractivity contribution is 5.79. The first-order valence-electron chi connectivity index (χ1n) is 4.97. The van der Waals surface area contributed by atoms with Crippen LogP contribution in [-0.4, -0.2) is 14.4 Å². The molecule has 0 radical (unpaired) electrons. The first-order chi connectivity index (χ1) is 7.25. The Morgan fingerprint density at radius 1 is 1.40 bits per heavy atom. The molecule has 1 atom stereocenters. The number of H-pyrrole nitrogens is 1. The highest BCUT2D eigenvalue weighted by Crippen LogP contribution is 2.18. The summed E-state index contributed by atoms with van der Waals surface area (Å²) in [6, 6.07) is 8.05. The summed E-state index contributed by atoms with van der Waals surface area (Å²) in [5.41, 5.74) is 8.92. The van der Waals surface area contributed by atoms with Crippen LogP contribution < -0.4 is 5.73 Å². The number of aromatic amines is 1. The molecule has 3 N–H and O–H groups in total. The van der Waals surface area contributed by atoms with Gasteiger partial charge in [-0.15, -0.1) is 0 Å². The number of rotatable bonds is 1. The van der Waals surface area contributed by atoms with Gasteiger partial charge in [0.25, 0.3) is 0 Å². The zero-order valence-electron chi connectivity index (χ0n) is 8.44. The molecule has 4 heteroatoms. The number of nitrogens with zero attached hydrogens (tertiary/aromatic N) is 2. The zero-order valence-corrected chi connectivity index (χ0v) is 8.44. The molecule has 1 unspecified atom stereocenters. The third-order valence-electron chi connectivity index (χ3n) is 2.61. The lowest BCUT2D eigenvalue weighted by molar-refractivity contribution is 0.789. The van der Waals surface area contributed by atoms with Crippen molar-refractivity contribution >= 4 is 16.8 Å². The Bertz CT molecular complexity index is 618. The van der Waals surface area contributed by atoms with Gasteiger partial charge in [-0.05, 0) is 19.1 Å². The first-order valence-corrected chi connectivity index (χ1v) is 4.97. The van der Waals surface area contributed by atoms with Crippen molar-refractivity contribution in [3.8, 4) is 0 Å². The van der Waals surface area contributed by atoms with Crippen LogP contribution in [0.3, 0.4) is 0 Å². The highest BCUT2D eigenvalue weighted by atomic mass is 15.1. The topological polar surface area (TPSA) is 59.1 Å². The van der Waals surface area contributed by atoms with E-state index in [2.05, 4.69) is 9.97 Å². The van der Waals surface area contributed by atoms with Crippen LogP contribution in [0.5, 0.6) is 0 Å². The van der Waals surface area contributed by atoms with Gasteiger partial charge in [-0.3, -0.25) is 4.40 Å². The summed E-state index contributed by atoms with van der Waals surface area (Å²) < 4.78 is 2.04. The Morgan fingerprint density at radius 2 is 2.20 bits per heavy atom. The fourth-order valence-corrected chi connectivity index (χ4v) is 1.80. The lowest BCUT2D eigenvalue weighted by atomic mass is 10.3. The zero-order chi connectivity index (χ0) is 10.4. The summed E-state index contributed by atoms with van der Waals surface area (Å²) in [7, 11) is 0. The van der Waals surface area contributed by atoms with Gasteiger partial charge in [0.2, 0.25) is 5.78 Å². The third-order valence-corrected chi connectivity index (χ3v) is 2.61.